The molecule has 0 amide bonds. The molecule has 1 aliphatic heterocycles. The minimum absolute atomic E-state index is 0.115. The summed E-state index contributed by atoms with van der Waals surface area (Å²) in [5.41, 5.74) is 3.42. The quantitative estimate of drug-likeness (QED) is 0.726. The minimum atomic E-state index is -0.134. The lowest BCUT2D eigenvalue weighted by molar-refractivity contribution is 0.460. The third kappa shape index (κ3) is 1.10. The number of aromatic amines is 1. The molecule has 15 heavy (non-hydrogen) atoms. The van der Waals surface area contributed by atoms with Crippen LogP contribution in [0.1, 0.15) is 11.1 Å². The van der Waals surface area contributed by atoms with E-state index in [9.17, 15) is 10.0 Å². The van der Waals surface area contributed by atoms with Crippen molar-refractivity contribution in [2.24, 2.45) is 5.18 Å². The van der Waals surface area contributed by atoms with Crippen molar-refractivity contribution in [3.05, 3.63) is 28.2 Å². The van der Waals surface area contributed by atoms with Gasteiger partial charge in [-0.15, -0.1) is 4.91 Å². The van der Waals surface area contributed by atoms with Crippen molar-refractivity contribution in [1.29, 1.82) is 0 Å². The van der Waals surface area contributed by atoms with Gasteiger partial charge in [-0.05, 0) is 16.3 Å². The molecule has 0 saturated heterocycles. The van der Waals surface area contributed by atoms with E-state index in [-0.39, 0.29) is 11.6 Å². The summed E-state index contributed by atoms with van der Waals surface area (Å²) in [7, 11) is 0. The van der Waals surface area contributed by atoms with Crippen LogP contribution in [0.3, 0.4) is 0 Å². The number of hydrogen-bond donors (Lipinski definition) is 2. The largest absolute Gasteiger partial charge is 0.493 e. The first-order valence-electron chi connectivity index (χ1n) is 4.57. The summed E-state index contributed by atoms with van der Waals surface area (Å²) in [5.74, 6) is 1.78. The minimum Gasteiger partial charge on any atom is -0.493 e. The molecular weight excluding hydrogens is 212 g/mol. The Morgan fingerprint density at radius 1 is 1.40 bits per heavy atom. The van der Waals surface area contributed by atoms with E-state index in [0.29, 0.717) is 5.39 Å². The Balaban J connectivity index is 2.43. The second-order valence-electron chi connectivity index (χ2n) is 3.53. The third-order valence-electron chi connectivity index (χ3n) is 2.73. The maximum Gasteiger partial charge on any atom is 0.219 e. The summed E-state index contributed by atoms with van der Waals surface area (Å²) in [6.07, 6.45) is 0. The fraction of sp³-hybridized carbons (Fsp3) is 0.200. The monoisotopic (exact) mass is 220 g/mol. The highest BCUT2D eigenvalue weighted by Gasteiger charge is 2.19. The van der Waals surface area contributed by atoms with Gasteiger partial charge >= 0.3 is 0 Å². The summed E-state index contributed by atoms with van der Waals surface area (Å²) in [4.78, 5) is 13.4. The molecule has 4 nitrogen and oxygen atoms in total. The summed E-state index contributed by atoms with van der Waals surface area (Å²) in [6, 6.07) is 3.84. The van der Waals surface area contributed by atoms with E-state index < -0.39 is 0 Å². The van der Waals surface area contributed by atoms with Gasteiger partial charge in [-0.3, -0.25) is 0 Å². The predicted molar refractivity (Wildman–Crippen MR) is 60.4 cm³/mol. The molecule has 5 heteroatoms. The van der Waals surface area contributed by atoms with Crippen LogP contribution < -0.4 is 0 Å². The van der Waals surface area contributed by atoms with E-state index in [0.717, 1.165) is 17.0 Å². The Labute approximate surface area is 89.7 Å². The number of nitrogens with zero attached hydrogens (tertiary/aromatic N) is 1. The van der Waals surface area contributed by atoms with E-state index >= 15 is 0 Å². The topological polar surface area (TPSA) is 65.4 Å². The highest BCUT2D eigenvalue weighted by Crippen LogP contribution is 2.41. The summed E-state index contributed by atoms with van der Waals surface area (Å²) in [5, 5.41) is 13.1. The number of nitrogens with one attached hydrogen (secondary N) is 1. The highest BCUT2D eigenvalue weighted by molar-refractivity contribution is 7.98. The van der Waals surface area contributed by atoms with Crippen molar-refractivity contribution < 1.29 is 5.11 Å². The normalized spacial score (nSPS) is 14.4. The number of H-pyrrole nitrogens is 1. The van der Waals surface area contributed by atoms with Crippen LogP contribution in [-0.2, 0) is 11.5 Å². The number of hydrogen-bond acceptors (Lipinski definition) is 4. The van der Waals surface area contributed by atoms with Gasteiger partial charge < -0.3 is 10.1 Å². The van der Waals surface area contributed by atoms with Gasteiger partial charge in [0.25, 0.3) is 0 Å². The van der Waals surface area contributed by atoms with Crippen molar-refractivity contribution in [2.45, 2.75) is 11.5 Å². The van der Waals surface area contributed by atoms with E-state index in [4.69, 9.17) is 0 Å². The number of aromatic nitrogens is 1. The molecule has 2 N–H and O–H groups in total. The molecule has 0 fully saturated rings. The smallest absolute Gasteiger partial charge is 0.219 e. The van der Waals surface area contributed by atoms with Crippen LogP contribution in [0, 0.1) is 4.91 Å². The van der Waals surface area contributed by atoms with Crippen molar-refractivity contribution in [1.82, 2.24) is 4.98 Å². The van der Waals surface area contributed by atoms with Gasteiger partial charge in [0.1, 0.15) is 0 Å². The Kier molecular flexibility index (Phi) is 1.76. The Hall–Kier alpha value is -1.49. The predicted octanol–water partition coefficient (Wildman–Crippen LogP) is 3.02. The van der Waals surface area contributed by atoms with Crippen LogP contribution in [0.15, 0.2) is 17.3 Å². The lowest BCUT2D eigenvalue weighted by atomic mass is 10.1. The molecule has 0 unspecified atom stereocenters. The van der Waals surface area contributed by atoms with Crippen LogP contribution in [0.25, 0.3) is 10.9 Å². The second kappa shape index (κ2) is 3.00. The molecular formula is C10H8N2O2S. The van der Waals surface area contributed by atoms with Gasteiger partial charge in [0, 0.05) is 16.9 Å². The van der Waals surface area contributed by atoms with Crippen LogP contribution in [-0.4, -0.2) is 10.1 Å². The first kappa shape index (κ1) is 8.79. The molecule has 0 radical (unpaired) electrons. The average Bonchev–Trinajstić information content (AvgIpc) is 2.79. The number of fused-ring (bicyclic) bond motifs is 3. The fourth-order valence-electron chi connectivity index (χ4n) is 1.99. The standard InChI is InChI=1S/C10H8N2O2S/c13-10-9(12-14)6-2-1-5-3-15-4-7(5)8(6)11-10/h1-2,11,13H,3-4H2. The van der Waals surface area contributed by atoms with Crippen molar-refractivity contribution in [3.8, 4) is 5.88 Å². The number of aromatic hydroxyl groups is 1. The summed E-state index contributed by atoms with van der Waals surface area (Å²) < 4.78 is 0. The molecule has 0 atom stereocenters. The summed E-state index contributed by atoms with van der Waals surface area (Å²) >= 11 is 1.83. The maximum absolute atomic E-state index is 10.6. The molecule has 2 aromatic rings. The molecule has 1 aromatic heterocycles. The molecule has 0 spiro atoms. The molecule has 1 aromatic carbocycles. The number of benzene rings is 1. The number of thioether (sulfide) groups is 1. The Morgan fingerprint density at radius 3 is 3.07 bits per heavy atom. The third-order valence-corrected chi connectivity index (χ3v) is 3.74. The van der Waals surface area contributed by atoms with Gasteiger partial charge in [0.2, 0.25) is 5.88 Å². The Morgan fingerprint density at radius 2 is 2.27 bits per heavy atom. The fourth-order valence-corrected chi connectivity index (χ4v) is 3.12. The van der Waals surface area contributed by atoms with E-state index in [2.05, 4.69) is 10.2 Å². The van der Waals surface area contributed by atoms with E-state index in [1.165, 1.54) is 11.1 Å². The molecule has 0 aliphatic carbocycles. The second-order valence-corrected chi connectivity index (χ2v) is 4.52. The molecule has 0 bridgehead atoms. The van der Waals surface area contributed by atoms with E-state index in [1.807, 2.05) is 23.9 Å². The first-order valence-corrected chi connectivity index (χ1v) is 5.73. The maximum atomic E-state index is 10.6. The van der Waals surface area contributed by atoms with E-state index in [1.54, 1.807) is 0 Å². The van der Waals surface area contributed by atoms with Crippen LogP contribution >= 0.6 is 11.8 Å². The Bertz CT molecular complexity index is 562. The molecule has 1 aliphatic rings. The zero-order valence-corrected chi connectivity index (χ0v) is 8.60. The zero-order chi connectivity index (χ0) is 10.4. The average molecular weight is 220 g/mol. The van der Waals surface area contributed by atoms with Crippen LogP contribution in [0.4, 0.5) is 5.69 Å². The number of nitroso groups, excluding NO2 is 1. The number of rotatable bonds is 1. The molecule has 2 heterocycles. The van der Waals surface area contributed by atoms with Gasteiger partial charge in [-0.25, -0.2) is 0 Å². The van der Waals surface area contributed by atoms with Gasteiger partial charge in [0.05, 0.1) is 5.52 Å². The van der Waals surface area contributed by atoms with Crippen molar-refractivity contribution in [2.75, 3.05) is 0 Å². The SMILES string of the molecule is O=Nc1c(O)[nH]c2c3c(ccc12)CSC3. The molecule has 3 rings (SSSR count). The molecule has 76 valence electrons. The van der Waals surface area contributed by atoms with Gasteiger partial charge in [0.15, 0.2) is 5.69 Å². The van der Waals surface area contributed by atoms with Crippen molar-refractivity contribution in [3.63, 3.8) is 0 Å². The lowest BCUT2D eigenvalue weighted by Crippen LogP contribution is -1.83. The lowest BCUT2D eigenvalue weighted by Gasteiger charge is -1.98. The zero-order valence-electron chi connectivity index (χ0n) is 7.78. The summed E-state index contributed by atoms with van der Waals surface area (Å²) in [6.45, 7) is 0. The van der Waals surface area contributed by atoms with Crippen LogP contribution in [0.5, 0.6) is 5.88 Å². The van der Waals surface area contributed by atoms with Gasteiger partial charge in [-0.1, -0.05) is 12.1 Å². The van der Waals surface area contributed by atoms with Crippen molar-refractivity contribution >= 4 is 28.4 Å². The highest BCUT2D eigenvalue weighted by atomic mass is 32.2. The first-order chi connectivity index (χ1) is 7.31. The van der Waals surface area contributed by atoms with Crippen LogP contribution in [0.2, 0.25) is 0 Å². The van der Waals surface area contributed by atoms with Gasteiger partial charge in [-0.2, -0.15) is 11.8 Å². The molecule has 0 saturated carbocycles.